The third kappa shape index (κ3) is 3.09. The highest BCUT2D eigenvalue weighted by molar-refractivity contribution is 5.85. The summed E-state index contributed by atoms with van der Waals surface area (Å²) < 4.78 is 0. The molecule has 0 atom stereocenters. The van der Waals surface area contributed by atoms with E-state index in [0.29, 0.717) is 11.7 Å². The van der Waals surface area contributed by atoms with E-state index in [0.717, 1.165) is 6.42 Å². The first-order valence-electron chi connectivity index (χ1n) is 6.78. The van der Waals surface area contributed by atoms with Crippen LogP contribution in [0.2, 0.25) is 0 Å². The second-order valence-corrected chi connectivity index (χ2v) is 7.01. The van der Waals surface area contributed by atoms with Gasteiger partial charge in [0.2, 0.25) is 0 Å². The molecule has 1 fully saturated rings. The molecule has 1 aliphatic rings. The fourth-order valence-electron chi connectivity index (χ4n) is 2.33. The van der Waals surface area contributed by atoms with E-state index >= 15 is 0 Å². The summed E-state index contributed by atoms with van der Waals surface area (Å²) in [5.41, 5.74) is -0.122. The van der Waals surface area contributed by atoms with Crippen molar-refractivity contribution in [1.82, 2.24) is 0 Å². The highest BCUT2D eigenvalue weighted by Crippen LogP contribution is 2.41. The van der Waals surface area contributed by atoms with Crippen LogP contribution in [0, 0.1) is 16.7 Å². The average Bonchev–Trinajstić information content (AvgIpc) is 2.17. The standard InChI is InChI=1S/C15H28O/c1-14(2,3)15(4,5)13(16)11-12-9-7-6-8-10-12/h12H,6-11H2,1-5H3. The second kappa shape index (κ2) is 4.89. The number of rotatable bonds is 3. The minimum Gasteiger partial charge on any atom is -0.299 e. The minimum atomic E-state index is -0.190. The van der Waals surface area contributed by atoms with Crippen molar-refractivity contribution in [3.05, 3.63) is 0 Å². The van der Waals surface area contributed by atoms with Gasteiger partial charge in [0.1, 0.15) is 5.78 Å². The first-order valence-corrected chi connectivity index (χ1v) is 6.78. The maximum Gasteiger partial charge on any atom is 0.139 e. The molecule has 0 aromatic heterocycles. The van der Waals surface area contributed by atoms with Crippen LogP contribution in [0.3, 0.4) is 0 Å². The van der Waals surface area contributed by atoms with E-state index in [-0.39, 0.29) is 10.8 Å². The number of carbonyl (C=O) groups is 1. The summed E-state index contributed by atoms with van der Waals surface area (Å²) in [5.74, 6) is 1.13. The molecule has 0 radical (unpaired) electrons. The van der Waals surface area contributed by atoms with Gasteiger partial charge < -0.3 is 0 Å². The third-order valence-corrected chi connectivity index (χ3v) is 4.77. The molecule has 1 nitrogen and oxygen atoms in total. The maximum atomic E-state index is 12.4. The van der Waals surface area contributed by atoms with Gasteiger partial charge in [-0.15, -0.1) is 0 Å². The lowest BCUT2D eigenvalue weighted by Crippen LogP contribution is -2.38. The van der Waals surface area contributed by atoms with Gasteiger partial charge in [0.15, 0.2) is 0 Å². The zero-order chi connectivity index (χ0) is 12.4. The number of hydrogen-bond acceptors (Lipinski definition) is 1. The van der Waals surface area contributed by atoms with E-state index in [4.69, 9.17) is 0 Å². The Kier molecular flexibility index (Phi) is 4.20. The van der Waals surface area contributed by atoms with E-state index in [2.05, 4.69) is 34.6 Å². The fourth-order valence-corrected chi connectivity index (χ4v) is 2.33. The SMILES string of the molecule is CC(C)(C)C(C)(C)C(=O)CC1CCCCC1. The topological polar surface area (TPSA) is 17.1 Å². The predicted molar refractivity (Wildman–Crippen MR) is 69.4 cm³/mol. The lowest BCUT2D eigenvalue weighted by atomic mass is 9.65. The van der Waals surface area contributed by atoms with Gasteiger partial charge in [-0.25, -0.2) is 0 Å². The molecule has 0 heterocycles. The van der Waals surface area contributed by atoms with Crippen LogP contribution in [0.4, 0.5) is 0 Å². The molecule has 0 aromatic carbocycles. The molecule has 1 heteroatoms. The van der Waals surface area contributed by atoms with Crippen LogP contribution in [-0.4, -0.2) is 5.78 Å². The Morgan fingerprint density at radius 2 is 1.50 bits per heavy atom. The minimum absolute atomic E-state index is 0.0682. The Bertz CT molecular complexity index is 239. The van der Waals surface area contributed by atoms with Gasteiger partial charge in [0.05, 0.1) is 0 Å². The van der Waals surface area contributed by atoms with E-state index in [9.17, 15) is 4.79 Å². The molecule has 0 spiro atoms. The summed E-state index contributed by atoms with van der Waals surface area (Å²) in [6.07, 6.45) is 7.37. The molecule has 0 amide bonds. The summed E-state index contributed by atoms with van der Waals surface area (Å²) in [7, 11) is 0. The Balaban J connectivity index is 2.57. The number of hydrogen-bond donors (Lipinski definition) is 0. The summed E-state index contributed by atoms with van der Waals surface area (Å²) in [4.78, 5) is 12.4. The Labute approximate surface area is 101 Å². The largest absolute Gasteiger partial charge is 0.299 e. The normalized spacial score (nSPS) is 19.8. The van der Waals surface area contributed by atoms with Crippen LogP contribution >= 0.6 is 0 Å². The summed E-state index contributed by atoms with van der Waals surface area (Å²) in [6, 6.07) is 0. The second-order valence-electron chi connectivity index (χ2n) is 7.01. The van der Waals surface area contributed by atoms with E-state index in [1.165, 1.54) is 32.1 Å². The molecular formula is C15H28O. The number of Topliss-reactive ketones (excluding diaryl/α,β-unsaturated/α-hetero) is 1. The van der Waals surface area contributed by atoms with Crippen molar-refractivity contribution in [2.45, 2.75) is 73.1 Å². The molecule has 0 aliphatic heterocycles. The quantitative estimate of drug-likeness (QED) is 0.685. The van der Waals surface area contributed by atoms with Gasteiger partial charge in [-0.05, 0) is 11.3 Å². The first kappa shape index (κ1) is 13.7. The average molecular weight is 224 g/mol. The van der Waals surface area contributed by atoms with Crippen molar-refractivity contribution in [3.8, 4) is 0 Å². The van der Waals surface area contributed by atoms with E-state index in [1.54, 1.807) is 0 Å². The molecule has 1 aliphatic carbocycles. The molecule has 0 bridgehead atoms. The lowest BCUT2D eigenvalue weighted by Gasteiger charge is -2.38. The van der Waals surface area contributed by atoms with Gasteiger partial charge in [0, 0.05) is 11.8 Å². The molecule has 0 unspecified atom stereocenters. The van der Waals surface area contributed by atoms with Crippen molar-refractivity contribution < 1.29 is 4.79 Å². The van der Waals surface area contributed by atoms with E-state index in [1.807, 2.05) is 0 Å². The van der Waals surface area contributed by atoms with Crippen molar-refractivity contribution in [2.24, 2.45) is 16.7 Å². The highest BCUT2D eigenvalue weighted by Gasteiger charge is 2.39. The highest BCUT2D eigenvalue weighted by atomic mass is 16.1. The molecule has 16 heavy (non-hydrogen) atoms. The van der Waals surface area contributed by atoms with Gasteiger partial charge in [-0.3, -0.25) is 4.79 Å². The molecule has 1 rings (SSSR count). The van der Waals surface area contributed by atoms with Crippen molar-refractivity contribution in [2.75, 3.05) is 0 Å². The predicted octanol–water partition coefficient (Wildman–Crippen LogP) is 4.60. The van der Waals surface area contributed by atoms with Crippen LogP contribution < -0.4 is 0 Å². The van der Waals surface area contributed by atoms with Gasteiger partial charge in [-0.2, -0.15) is 0 Å². The van der Waals surface area contributed by atoms with Crippen molar-refractivity contribution in [3.63, 3.8) is 0 Å². The fraction of sp³-hybridized carbons (Fsp3) is 0.933. The monoisotopic (exact) mass is 224 g/mol. The van der Waals surface area contributed by atoms with Gasteiger partial charge >= 0.3 is 0 Å². The molecule has 0 N–H and O–H groups in total. The molecule has 0 aromatic rings. The molecular weight excluding hydrogens is 196 g/mol. The zero-order valence-electron chi connectivity index (χ0n) is 11.7. The lowest BCUT2D eigenvalue weighted by molar-refractivity contribution is -0.133. The molecule has 1 saturated carbocycles. The van der Waals surface area contributed by atoms with Crippen molar-refractivity contribution in [1.29, 1.82) is 0 Å². The summed E-state index contributed by atoms with van der Waals surface area (Å²) in [6.45, 7) is 10.7. The number of carbonyl (C=O) groups excluding carboxylic acids is 1. The van der Waals surface area contributed by atoms with Crippen LogP contribution in [-0.2, 0) is 4.79 Å². The van der Waals surface area contributed by atoms with Crippen LogP contribution in [0.15, 0.2) is 0 Å². The van der Waals surface area contributed by atoms with Crippen LogP contribution in [0.1, 0.15) is 73.1 Å². The summed E-state index contributed by atoms with van der Waals surface area (Å²) in [5, 5.41) is 0. The summed E-state index contributed by atoms with van der Waals surface area (Å²) >= 11 is 0. The molecule has 94 valence electrons. The zero-order valence-corrected chi connectivity index (χ0v) is 11.7. The maximum absolute atomic E-state index is 12.4. The third-order valence-electron chi connectivity index (χ3n) is 4.77. The Morgan fingerprint density at radius 1 is 1.00 bits per heavy atom. The van der Waals surface area contributed by atoms with Crippen molar-refractivity contribution >= 4 is 5.78 Å². The smallest absolute Gasteiger partial charge is 0.139 e. The molecule has 0 saturated heterocycles. The van der Waals surface area contributed by atoms with Crippen LogP contribution in [0.25, 0.3) is 0 Å². The van der Waals surface area contributed by atoms with Gasteiger partial charge in [0.25, 0.3) is 0 Å². The van der Waals surface area contributed by atoms with Gasteiger partial charge in [-0.1, -0.05) is 66.7 Å². The first-order chi connectivity index (χ1) is 7.25. The Hall–Kier alpha value is -0.330. The number of ketones is 1. The van der Waals surface area contributed by atoms with E-state index < -0.39 is 0 Å². The Morgan fingerprint density at radius 3 is 1.94 bits per heavy atom. The van der Waals surface area contributed by atoms with Crippen LogP contribution in [0.5, 0.6) is 0 Å².